The summed E-state index contributed by atoms with van der Waals surface area (Å²) in [6.07, 6.45) is 2.54. The van der Waals surface area contributed by atoms with Gasteiger partial charge in [-0.25, -0.2) is 0 Å². The van der Waals surface area contributed by atoms with Crippen LogP contribution in [0.1, 0.15) is 16.2 Å². The van der Waals surface area contributed by atoms with E-state index in [0.29, 0.717) is 24.2 Å². The van der Waals surface area contributed by atoms with Crippen LogP contribution < -0.4 is 5.32 Å². The zero-order valence-corrected chi connectivity index (χ0v) is 12.9. The summed E-state index contributed by atoms with van der Waals surface area (Å²) >= 11 is 1.56. The third-order valence-corrected chi connectivity index (χ3v) is 3.82. The quantitative estimate of drug-likeness (QED) is 0.727. The lowest BCUT2D eigenvalue weighted by Gasteiger charge is -2.04. The molecule has 3 aromatic rings. The fraction of sp³-hybridized carbons (Fsp3) is 0.200. The molecule has 0 radical (unpaired) electrons. The summed E-state index contributed by atoms with van der Waals surface area (Å²) in [6.45, 7) is 0.486. The van der Waals surface area contributed by atoms with Crippen LogP contribution in [0.2, 0.25) is 0 Å². The van der Waals surface area contributed by atoms with E-state index >= 15 is 0 Å². The van der Waals surface area contributed by atoms with E-state index in [1.165, 1.54) is 0 Å². The minimum atomic E-state index is -0.0906. The van der Waals surface area contributed by atoms with Crippen molar-refractivity contribution >= 4 is 23.3 Å². The normalized spacial score (nSPS) is 10.8. The molecule has 0 saturated carbocycles. The summed E-state index contributed by atoms with van der Waals surface area (Å²) < 4.78 is 1.72. The Labute approximate surface area is 131 Å². The van der Waals surface area contributed by atoms with Gasteiger partial charge < -0.3 is 5.32 Å². The van der Waals surface area contributed by atoms with Crippen LogP contribution in [0.25, 0.3) is 5.65 Å². The molecular formula is C15H15N5OS. The van der Waals surface area contributed by atoms with Crippen molar-refractivity contribution in [2.45, 2.75) is 11.4 Å². The van der Waals surface area contributed by atoms with Gasteiger partial charge >= 0.3 is 0 Å². The Bertz CT molecular complexity index is 787. The molecule has 0 aliphatic heterocycles. The number of hydrogen-bond donors (Lipinski definition) is 1. The molecule has 1 N–H and O–H groups in total. The van der Waals surface area contributed by atoms with Crippen molar-refractivity contribution in [3.8, 4) is 0 Å². The van der Waals surface area contributed by atoms with Gasteiger partial charge in [0.05, 0.1) is 0 Å². The maximum atomic E-state index is 12.0. The van der Waals surface area contributed by atoms with Crippen LogP contribution in [-0.4, -0.2) is 38.5 Å². The molecule has 0 spiro atoms. The first-order valence-electron chi connectivity index (χ1n) is 6.86. The Morgan fingerprint density at radius 3 is 2.77 bits per heavy atom. The molecule has 22 heavy (non-hydrogen) atoms. The van der Waals surface area contributed by atoms with Gasteiger partial charge in [-0.1, -0.05) is 18.2 Å². The highest BCUT2D eigenvalue weighted by Crippen LogP contribution is 2.12. The first kappa shape index (κ1) is 14.5. The summed E-state index contributed by atoms with van der Waals surface area (Å²) in [5, 5.41) is 16.4. The molecule has 1 amide bonds. The van der Waals surface area contributed by atoms with Crippen LogP contribution in [0.5, 0.6) is 0 Å². The summed E-state index contributed by atoms with van der Waals surface area (Å²) in [4.78, 5) is 12.0. The van der Waals surface area contributed by atoms with Gasteiger partial charge in [-0.2, -0.15) is 9.61 Å². The topological polar surface area (TPSA) is 72.2 Å². The molecule has 2 heterocycles. The lowest BCUT2D eigenvalue weighted by atomic mass is 10.2. The molecule has 0 fully saturated rings. The molecule has 0 aliphatic rings. The first-order valence-corrected chi connectivity index (χ1v) is 8.09. The van der Waals surface area contributed by atoms with Crippen molar-refractivity contribution in [1.29, 1.82) is 0 Å². The number of rotatable bonds is 5. The third-order valence-electron chi connectivity index (χ3n) is 3.18. The Morgan fingerprint density at radius 2 is 2.00 bits per heavy atom. The van der Waals surface area contributed by atoms with E-state index in [9.17, 15) is 4.79 Å². The van der Waals surface area contributed by atoms with Crippen molar-refractivity contribution in [2.24, 2.45) is 0 Å². The highest BCUT2D eigenvalue weighted by molar-refractivity contribution is 7.98. The monoisotopic (exact) mass is 313 g/mol. The van der Waals surface area contributed by atoms with Gasteiger partial charge in [-0.15, -0.1) is 22.0 Å². The van der Waals surface area contributed by atoms with Gasteiger partial charge in [0, 0.05) is 18.5 Å². The van der Waals surface area contributed by atoms with E-state index in [1.54, 1.807) is 28.4 Å². The number of thioether (sulfide) groups is 1. The maximum Gasteiger partial charge on any atom is 0.251 e. The number of benzene rings is 1. The van der Waals surface area contributed by atoms with E-state index in [0.717, 1.165) is 10.9 Å². The Kier molecular flexibility index (Phi) is 4.34. The van der Waals surface area contributed by atoms with E-state index in [4.69, 9.17) is 0 Å². The number of nitrogens with zero attached hydrogens (tertiary/aromatic N) is 4. The average molecular weight is 313 g/mol. The molecule has 0 atom stereocenters. The second-order valence-electron chi connectivity index (χ2n) is 4.63. The lowest BCUT2D eigenvalue weighted by molar-refractivity contribution is 0.0954. The summed E-state index contributed by atoms with van der Waals surface area (Å²) in [5.41, 5.74) is 1.36. The van der Waals surface area contributed by atoms with Crippen molar-refractivity contribution in [1.82, 2.24) is 25.1 Å². The van der Waals surface area contributed by atoms with Crippen LogP contribution in [0.3, 0.4) is 0 Å². The maximum absolute atomic E-state index is 12.0. The van der Waals surface area contributed by atoms with Crippen molar-refractivity contribution in [3.05, 3.63) is 53.9 Å². The second kappa shape index (κ2) is 6.57. The van der Waals surface area contributed by atoms with Gasteiger partial charge in [0.2, 0.25) is 0 Å². The van der Waals surface area contributed by atoms with Crippen LogP contribution in [0, 0.1) is 0 Å². The largest absolute Gasteiger partial charge is 0.352 e. The van der Waals surface area contributed by atoms with E-state index < -0.39 is 0 Å². The fourth-order valence-electron chi connectivity index (χ4n) is 2.06. The molecule has 0 saturated heterocycles. The Balaban J connectivity index is 1.65. The number of nitrogens with one attached hydrogen (secondary N) is 1. The highest BCUT2D eigenvalue weighted by Gasteiger charge is 2.09. The second-order valence-corrected chi connectivity index (χ2v) is 5.46. The fourth-order valence-corrected chi connectivity index (χ4v) is 2.43. The van der Waals surface area contributed by atoms with Crippen LogP contribution in [0.15, 0.2) is 47.5 Å². The molecule has 0 aliphatic carbocycles. The van der Waals surface area contributed by atoms with Crippen molar-refractivity contribution in [3.63, 3.8) is 0 Å². The summed E-state index contributed by atoms with van der Waals surface area (Å²) in [6, 6.07) is 12.9. The van der Waals surface area contributed by atoms with Crippen LogP contribution in [0.4, 0.5) is 0 Å². The predicted molar refractivity (Wildman–Crippen MR) is 85.0 cm³/mol. The van der Waals surface area contributed by atoms with Gasteiger partial charge in [-0.3, -0.25) is 4.79 Å². The first-order chi connectivity index (χ1) is 10.8. The Hall–Kier alpha value is -2.41. The van der Waals surface area contributed by atoms with Crippen LogP contribution in [-0.2, 0) is 6.42 Å². The van der Waals surface area contributed by atoms with E-state index in [-0.39, 0.29) is 5.91 Å². The smallest absolute Gasteiger partial charge is 0.251 e. The predicted octanol–water partition coefficient (Wildman–Crippen LogP) is 1.82. The average Bonchev–Trinajstić information content (AvgIpc) is 2.98. The molecule has 0 unspecified atom stereocenters. The highest BCUT2D eigenvalue weighted by atomic mass is 32.2. The van der Waals surface area contributed by atoms with Crippen LogP contribution >= 0.6 is 11.8 Å². The van der Waals surface area contributed by atoms with E-state index in [2.05, 4.69) is 20.6 Å². The van der Waals surface area contributed by atoms with Gasteiger partial charge in [0.1, 0.15) is 5.03 Å². The molecule has 7 heteroatoms. The summed E-state index contributed by atoms with van der Waals surface area (Å²) in [7, 11) is 0. The van der Waals surface area contributed by atoms with E-state index in [1.807, 2.05) is 36.6 Å². The molecular weight excluding hydrogens is 298 g/mol. The number of amides is 1. The van der Waals surface area contributed by atoms with Crippen molar-refractivity contribution < 1.29 is 4.79 Å². The number of hydrogen-bond acceptors (Lipinski definition) is 5. The van der Waals surface area contributed by atoms with Gasteiger partial charge in [0.25, 0.3) is 5.91 Å². The van der Waals surface area contributed by atoms with Gasteiger partial charge in [0.15, 0.2) is 11.5 Å². The Morgan fingerprint density at radius 1 is 1.18 bits per heavy atom. The molecule has 112 valence electrons. The summed E-state index contributed by atoms with van der Waals surface area (Å²) in [5.74, 6) is 0.645. The number of aromatic nitrogens is 4. The zero-order valence-electron chi connectivity index (χ0n) is 12.1. The molecule has 0 bridgehead atoms. The minimum Gasteiger partial charge on any atom is -0.352 e. The van der Waals surface area contributed by atoms with Gasteiger partial charge in [-0.05, 0) is 30.5 Å². The third kappa shape index (κ3) is 3.09. The van der Waals surface area contributed by atoms with Crippen molar-refractivity contribution in [2.75, 3.05) is 12.8 Å². The number of fused-ring (bicyclic) bond motifs is 1. The number of carbonyl (C=O) groups excluding carboxylic acids is 1. The minimum absolute atomic E-state index is 0.0906. The number of carbonyl (C=O) groups is 1. The lowest BCUT2D eigenvalue weighted by Crippen LogP contribution is -2.26. The SMILES string of the molecule is CSc1ccc2nnc(CCNC(=O)c3ccccc3)n2n1. The molecule has 6 nitrogen and oxygen atoms in total. The molecule has 2 aromatic heterocycles. The standard InChI is InChI=1S/C15H15N5OS/c1-22-14-8-7-12-17-18-13(20(12)19-14)9-10-16-15(21)11-5-3-2-4-6-11/h2-8H,9-10H2,1H3,(H,16,21). The molecule has 3 rings (SSSR count). The zero-order chi connectivity index (χ0) is 15.4. The molecule has 1 aromatic carbocycles.